The minimum atomic E-state index is 0.571. The molecule has 2 nitrogen and oxygen atoms in total. The van der Waals surface area contributed by atoms with Crippen LogP contribution in [0.3, 0.4) is 0 Å². The van der Waals surface area contributed by atoms with E-state index in [0.717, 1.165) is 19.1 Å². The van der Waals surface area contributed by atoms with Gasteiger partial charge in [-0.1, -0.05) is 30.3 Å². The molecule has 0 aromatic heterocycles. The Morgan fingerprint density at radius 3 is 2.63 bits per heavy atom. The molecule has 1 atom stereocenters. The highest BCUT2D eigenvalue weighted by Gasteiger charge is 2.16. The Hall–Kier alpha value is -0.510. The minimum absolute atomic E-state index is 0.571. The second kappa shape index (κ2) is 7.93. The molecule has 0 amide bonds. The van der Waals surface area contributed by atoms with Crippen molar-refractivity contribution in [3.05, 3.63) is 35.9 Å². The highest BCUT2D eigenvalue weighted by atomic mass is 32.2. The fourth-order valence-corrected chi connectivity index (χ4v) is 3.85. The van der Waals surface area contributed by atoms with Crippen LogP contribution < -0.4 is 5.32 Å². The molecular formula is C16H26N2S. The Morgan fingerprint density at radius 1 is 1.26 bits per heavy atom. The van der Waals surface area contributed by atoms with E-state index in [-0.39, 0.29) is 0 Å². The summed E-state index contributed by atoms with van der Waals surface area (Å²) in [7, 11) is 2.21. The molecule has 1 heterocycles. The minimum Gasteiger partial charge on any atom is -0.310 e. The molecule has 1 aromatic carbocycles. The molecule has 1 aliphatic heterocycles. The molecule has 3 heteroatoms. The van der Waals surface area contributed by atoms with E-state index in [1.807, 2.05) is 0 Å². The summed E-state index contributed by atoms with van der Waals surface area (Å²) in [6, 6.07) is 12.0. The molecule has 0 aliphatic carbocycles. The Balaban J connectivity index is 1.70. The first-order valence-corrected chi connectivity index (χ1v) is 8.46. The van der Waals surface area contributed by atoms with Crippen LogP contribution in [0.25, 0.3) is 0 Å². The predicted octanol–water partition coefficient (Wildman–Crippen LogP) is 2.99. The van der Waals surface area contributed by atoms with Gasteiger partial charge in [0.15, 0.2) is 0 Å². The second-order valence-electron chi connectivity index (χ2n) is 5.64. The van der Waals surface area contributed by atoms with Crippen molar-refractivity contribution in [2.45, 2.75) is 38.4 Å². The van der Waals surface area contributed by atoms with Gasteiger partial charge in [-0.25, -0.2) is 0 Å². The van der Waals surface area contributed by atoms with E-state index < -0.39 is 0 Å². The molecule has 106 valence electrons. The number of hydrogen-bond donors (Lipinski definition) is 1. The van der Waals surface area contributed by atoms with Crippen LogP contribution in [-0.4, -0.2) is 42.1 Å². The topological polar surface area (TPSA) is 15.3 Å². The molecule has 1 aromatic rings. The summed E-state index contributed by atoms with van der Waals surface area (Å²) in [5, 5.41) is 3.78. The molecule has 0 radical (unpaired) electrons. The van der Waals surface area contributed by atoms with Gasteiger partial charge in [-0.05, 0) is 43.9 Å². The number of thioether (sulfide) groups is 1. The van der Waals surface area contributed by atoms with Crippen LogP contribution in [0.4, 0.5) is 0 Å². The lowest BCUT2D eigenvalue weighted by atomic mass is 10.1. The lowest BCUT2D eigenvalue weighted by Gasteiger charge is -2.29. The molecule has 0 bridgehead atoms. The Bertz CT molecular complexity index is 349. The van der Waals surface area contributed by atoms with Gasteiger partial charge in [0.05, 0.1) is 0 Å². The molecule has 0 spiro atoms. The average Bonchev–Trinajstić information content (AvgIpc) is 2.40. The van der Waals surface area contributed by atoms with E-state index in [1.54, 1.807) is 0 Å². The molecule has 2 rings (SSSR count). The highest BCUT2D eigenvalue weighted by molar-refractivity contribution is 7.99. The number of nitrogens with one attached hydrogen (secondary N) is 1. The van der Waals surface area contributed by atoms with Gasteiger partial charge in [0.1, 0.15) is 0 Å². The van der Waals surface area contributed by atoms with Crippen LogP contribution in [0.15, 0.2) is 30.3 Å². The predicted molar refractivity (Wildman–Crippen MR) is 85.7 cm³/mol. The maximum Gasteiger partial charge on any atom is 0.0231 e. The third-order valence-corrected chi connectivity index (χ3v) is 4.67. The first kappa shape index (κ1) is 14.9. The molecule has 0 saturated carbocycles. The normalized spacial score (nSPS) is 18.7. The van der Waals surface area contributed by atoms with E-state index in [9.17, 15) is 0 Å². The monoisotopic (exact) mass is 278 g/mol. The van der Waals surface area contributed by atoms with Gasteiger partial charge in [0.25, 0.3) is 0 Å². The zero-order valence-corrected chi connectivity index (χ0v) is 13.0. The van der Waals surface area contributed by atoms with Crippen molar-refractivity contribution in [3.63, 3.8) is 0 Å². The van der Waals surface area contributed by atoms with E-state index >= 15 is 0 Å². The summed E-state index contributed by atoms with van der Waals surface area (Å²) in [6.07, 6.45) is 2.66. The largest absolute Gasteiger partial charge is 0.310 e. The summed E-state index contributed by atoms with van der Waals surface area (Å²) in [5.41, 5.74) is 1.39. The molecule has 1 aliphatic rings. The summed E-state index contributed by atoms with van der Waals surface area (Å²) in [5.74, 6) is 2.65. The zero-order valence-electron chi connectivity index (χ0n) is 12.1. The van der Waals surface area contributed by atoms with Gasteiger partial charge in [0.2, 0.25) is 0 Å². The van der Waals surface area contributed by atoms with E-state index in [1.165, 1.54) is 29.9 Å². The first-order valence-electron chi connectivity index (χ1n) is 7.30. The summed E-state index contributed by atoms with van der Waals surface area (Å²) >= 11 is 2.09. The van der Waals surface area contributed by atoms with Crippen molar-refractivity contribution >= 4 is 11.8 Å². The third kappa shape index (κ3) is 5.55. The SMILES string of the molecule is C[C@@H](CN(C)Cc1ccccc1)NC1CCSCC1. The van der Waals surface area contributed by atoms with Crippen molar-refractivity contribution in [2.75, 3.05) is 25.1 Å². The third-order valence-electron chi connectivity index (χ3n) is 3.62. The van der Waals surface area contributed by atoms with Crippen LogP contribution in [0.1, 0.15) is 25.3 Å². The van der Waals surface area contributed by atoms with Crippen molar-refractivity contribution in [1.82, 2.24) is 10.2 Å². The number of hydrogen-bond acceptors (Lipinski definition) is 3. The van der Waals surface area contributed by atoms with E-state index in [4.69, 9.17) is 0 Å². The van der Waals surface area contributed by atoms with Crippen molar-refractivity contribution in [3.8, 4) is 0 Å². The van der Waals surface area contributed by atoms with Crippen molar-refractivity contribution < 1.29 is 0 Å². The highest BCUT2D eigenvalue weighted by Crippen LogP contribution is 2.17. The average molecular weight is 278 g/mol. The van der Waals surface area contributed by atoms with Crippen LogP contribution >= 0.6 is 11.8 Å². The molecule has 0 unspecified atom stereocenters. The number of likely N-dealkylation sites (N-methyl/N-ethyl adjacent to an activating group) is 1. The van der Waals surface area contributed by atoms with Gasteiger partial charge >= 0.3 is 0 Å². The van der Waals surface area contributed by atoms with E-state index in [2.05, 4.69) is 66.3 Å². The molecule has 19 heavy (non-hydrogen) atoms. The van der Waals surface area contributed by atoms with Gasteiger partial charge in [-0.15, -0.1) is 0 Å². The summed E-state index contributed by atoms with van der Waals surface area (Å²) < 4.78 is 0. The van der Waals surface area contributed by atoms with Crippen molar-refractivity contribution in [1.29, 1.82) is 0 Å². The molecule has 1 N–H and O–H groups in total. The Morgan fingerprint density at radius 2 is 1.95 bits per heavy atom. The summed E-state index contributed by atoms with van der Waals surface area (Å²) in [6.45, 7) is 4.45. The van der Waals surface area contributed by atoms with Crippen LogP contribution in [0.5, 0.6) is 0 Å². The van der Waals surface area contributed by atoms with Gasteiger partial charge < -0.3 is 10.2 Å². The zero-order chi connectivity index (χ0) is 13.5. The quantitative estimate of drug-likeness (QED) is 0.861. The van der Waals surface area contributed by atoms with Gasteiger partial charge in [-0.3, -0.25) is 0 Å². The Kier molecular flexibility index (Phi) is 6.21. The van der Waals surface area contributed by atoms with Gasteiger partial charge in [0, 0.05) is 25.2 Å². The second-order valence-corrected chi connectivity index (χ2v) is 6.86. The lowest BCUT2D eigenvalue weighted by Crippen LogP contribution is -2.44. The molecule has 1 fully saturated rings. The number of rotatable bonds is 6. The lowest BCUT2D eigenvalue weighted by molar-refractivity contribution is 0.274. The molecule has 1 saturated heterocycles. The maximum absolute atomic E-state index is 3.78. The first-order chi connectivity index (χ1) is 9.24. The standard InChI is InChI=1S/C16H26N2S/c1-14(17-16-8-10-19-11-9-16)12-18(2)13-15-6-4-3-5-7-15/h3-7,14,16-17H,8-13H2,1-2H3/t14-/m0/s1. The van der Waals surface area contributed by atoms with Crippen molar-refractivity contribution in [2.24, 2.45) is 0 Å². The fourth-order valence-electron chi connectivity index (χ4n) is 2.75. The smallest absolute Gasteiger partial charge is 0.0231 e. The van der Waals surface area contributed by atoms with Crippen LogP contribution in [-0.2, 0) is 6.54 Å². The number of nitrogens with zero attached hydrogens (tertiary/aromatic N) is 1. The summed E-state index contributed by atoms with van der Waals surface area (Å²) in [4.78, 5) is 2.41. The maximum atomic E-state index is 3.78. The fraction of sp³-hybridized carbons (Fsp3) is 0.625. The molecular weight excluding hydrogens is 252 g/mol. The van der Waals surface area contributed by atoms with Crippen LogP contribution in [0.2, 0.25) is 0 Å². The van der Waals surface area contributed by atoms with Crippen LogP contribution in [0, 0.1) is 0 Å². The van der Waals surface area contributed by atoms with E-state index in [0.29, 0.717) is 6.04 Å². The van der Waals surface area contributed by atoms with Gasteiger partial charge in [-0.2, -0.15) is 11.8 Å². The Labute approximate surface area is 122 Å². The number of benzene rings is 1.